The first-order valence-corrected chi connectivity index (χ1v) is 6.40. The molecule has 5 heteroatoms. The van der Waals surface area contributed by atoms with E-state index in [-0.39, 0.29) is 0 Å². The minimum atomic E-state index is -4.37. The SMILES string of the molecule is CN1CCCC(O)(c2cccc(C(F)(F)F)c2)CC1. The minimum absolute atomic E-state index is 0.373. The van der Waals surface area contributed by atoms with Gasteiger partial charge in [0.25, 0.3) is 0 Å². The molecule has 1 atom stereocenters. The van der Waals surface area contributed by atoms with Crippen LogP contribution in [-0.4, -0.2) is 30.1 Å². The highest BCUT2D eigenvalue weighted by Crippen LogP contribution is 2.36. The summed E-state index contributed by atoms with van der Waals surface area (Å²) < 4.78 is 38.1. The number of hydrogen-bond donors (Lipinski definition) is 1. The number of hydrogen-bond acceptors (Lipinski definition) is 2. The van der Waals surface area contributed by atoms with Crippen molar-refractivity contribution in [2.45, 2.75) is 31.0 Å². The molecule has 1 aromatic carbocycles. The number of nitrogens with zero attached hydrogens (tertiary/aromatic N) is 1. The third-order valence-electron chi connectivity index (χ3n) is 3.76. The summed E-state index contributed by atoms with van der Waals surface area (Å²) in [5.41, 5.74) is -1.47. The lowest BCUT2D eigenvalue weighted by molar-refractivity contribution is -0.137. The maximum Gasteiger partial charge on any atom is 0.416 e. The summed E-state index contributed by atoms with van der Waals surface area (Å²) in [6, 6.07) is 5.06. The van der Waals surface area contributed by atoms with E-state index in [1.807, 2.05) is 7.05 Å². The fraction of sp³-hybridized carbons (Fsp3) is 0.571. The van der Waals surface area contributed by atoms with Gasteiger partial charge in [-0.3, -0.25) is 0 Å². The van der Waals surface area contributed by atoms with Crippen LogP contribution in [0.1, 0.15) is 30.4 Å². The van der Waals surface area contributed by atoms with Gasteiger partial charge in [-0.1, -0.05) is 12.1 Å². The zero-order chi connectivity index (χ0) is 14.1. The maximum atomic E-state index is 12.7. The van der Waals surface area contributed by atoms with E-state index in [0.717, 1.165) is 25.1 Å². The third-order valence-corrected chi connectivity index (χ3v) is 3.76. The van der Waals surface area contributed by atoms with Crippen molar-refractivity contribution in [1.82, 2.24) is 4.90 Å². The van der Waals surface area contributed by atoms with Crippen LogP contribution in [-0.2, 0) is 11.8 Å². The third kappa shape index (κ3) is 3.28. The van der Waals surface area contributed by atoms with Crippen LogP contribution in [0.2, 0.25) is 0 Å². The topological polar surface area (TPSA) is 23.5 Å². The van der Waals surface area contributed by atoms with Crippen LogP contribution in [0.25, 0.3) is 0 Å². The van der Waals surface area contributed by atoms with Crippen molar-refractivity contribution in [3.63, 3.8) is 0 Å². The first-order chi connectivity index (χ1) is 8.81. The van der Waals surface area contributed by atoms with Crippen molar-refractivity contribution >= 4 is 0 Å². The zero-order valence-electron chi connectivity index (χ0n) is 10.9. The molecule has 2 rings (SSSR count). The van der Waals surface area contributed by atoms with Crippen LogP contribution >= 0.6 is 0 Å². The molecule has 1 N–H and O–H groups in total. The smallest absolute Gasteiger partial charge is 0.385 e. The molecule has 1 fully saturated rings. The van der Waals surface area contributed by atoms with Gasteiger partial charge in [0.2, 0.25) is 0 Å². The molecule has 0 aromatic heterocycles. The van der Waals surface area contributed by atoms with Crippen LogP contribution < -0.4 is 0 Å². The lowest BCUT2D eigenvalue weighted by Crippen LogP contribution is -2.28. The Morgan fingerprint density at radius 3 is 2.63 bits per heavy atom. The van der Waals surface area contributed by atoms with Gasteiger partial charge in [-0.25, -0.2) is 0 Å². The molecule has 1 saturated heterocycles. The maximum absolute atomic E-state index is 12.7. The quantitative estimate of drug-likeness (QED) is 0.850. The molecule has 0 saturated carbocycles. The van der Waals surface area contributed by atoms with Crippen LogP contribution in [0.3, 0.4) is 0 Å². The van der Waals surface area contributed by atoms with E-state index in [0.29, 0.717) is 24.9 Å². The molecule has 0 aliphatic carbocycles. The monoisotopic (exact) mass is 273 g/mol. The molecule has 2 nitrogen and oxygen atoms in total. The van der Waals surface area contributed by atoms with Crippen LogP contribution in [0.5, 0.6) is 0 Å². The summed E-state index contributed by atoms with van der Waals surface area (Å²) in [5, 5.41) is 10.6. The van der Waals surface area contributed by atoms with E-state index in [1.54, 1.807) is 6.07 Å². The number of likely N-dealkylation sites (tertiary alicyclic amines) is 1. The van der Waals surface area contributed by atoms with Gasteiger partial charge >= 0.3 is 6.18 Å². The number of rotatable bonds is 1. The van der Waals surface area contributed by atoms with Gasteiger partial charge in [0.15, 0.2) is 0 Å². The van der Waals surface area contributed by atoms with E-state index >= 15 is 0 Å². The lowest BCUT2D eigenvalue weighted by atomic mass is 9.86. The lowest BCUT2D eigenvalue weighted by Gasteiger charge is -2.28. The van der Waals surface area contributed by atoms with Crippen molar-refractivity contribution < 1.29 is 18.3 Å². The molecule has 1 aliphatic heterocycles. The molecule has 0 spiro atoms. The molecule has 0 amide bonds. The average molecular weight is 273 g/mol. The van der Waals surface area contributed by atoms with E-state index in [9.17, 15) is 18.3 Å². The number of alkyl halides is 3. The molecule has 1 unspecified atom stereocenters. The van der Waals surface area contributed by atoms with Gasteiger partial charge < -0.3 is 10.0 Å². The first kappa shape index (κ1) is 14.3. The van der Waals surface area contributed by atoms with Gasteiger partial charge in [0.1, 0.15) is 0 Å². The van der Waals surface area contributed by atoms with Gasteiger partial charge in [-0.05, 0) is 50.6 Å². The molecular weight excluding hydrogens is 255 g/mol. The second-order valence-corrected chi connectivity index (χ2v) is 5.27. The van der Waals surface area contributed by atoms with E-state index < -0.39 is 17.3 Å². The molecule has 1 aromatic rings. The summed E-state index contributed by atoms with van der Waals surface area (Å²) in [7, 11) is 1.96. The Morgan fingerprint density at radius 1 is 1.21 bits per heavy atom. The summed E-state index contributed by atoms with van der Waals surface area (Å²) >= 11 is 0. The summed E-state index contributed by atoms with van der Waals surface area (Å²) in [6.07, 6.45) is -2.62. The Bertz CT molecular complexity index is 447. The van der Waals surface area contributed by atoms with E-state index in [2.05, 4.69) is 4.90 Å². The summed E-state index contributed by atoms with van der Waals surface area (Å²) in [4.78, 5) is 2.09. The second-order valence-electron chi connectivity index (χ2n) is 5.27. The van der Waals surface area contributed by atoms with Crippen LogP contribution in [0.4, 0.5) is 13.2 Å². The van der Waals surface area contributed by atoms with Gasteiger partial charge in [-0.2, -0.15) is 13.2 Å². The molecular formula is C14H18F3NO. The Hall–Kier alpha value is -1.07. The van der Waals surface area contributed by atoms with Gasteiger partial charge in [-0.15, -0.1) is 0 Å². The molecule has 0 bridgehead atoms. The van der Waals surface area contributed by atoms with Crippen molar-refractivity contribution in [3.8, 4) is 0 Å². The Balaban J connectivity index is 2.30. The highest BCUT2D eigenvalue weighted by Gasteiger charge is 2.35. The standard InChI is InChI=1S/C14H18F3NO/c1-18-8-3-6-13(19,7-9-18)11-4-2-5-12(10-11)14(15,16)17/h2,4-5,10,19H,3,6-9H2,1H3. The fourth-order valence-electron chi connectivity index (χ4n) is 2.53. The van der Waals surface area contributed by atoms with E-state index in [1.165, 1.54) is 6.07 Å². The van der Waals surface area contributed by atoms with Crippen LogP contribution in [0, 0.1) is 0 Å². The highest BCUT2D eigenvalue weighted by atomic mass is 19.4. The molecule has 1 heterocycles. The molecule has 106 valence electrons. The Labute approximate surface area is 110 Å². The number of benzene rings is 1. The van der Waals surface area contributed by atoms with Crippen LogP contribution in [0.15, 0.2) is 24.3 Å². The van der Waals surface area contributed by atoms with Crippen molar-refractivity contribution in [3.05, 3.63) is 35.4 Å². The van der Waals surface area contributed by atoms with E-state index in [4.69, 9.17) is 0 Å². The van der Waals surface area contributed by atoms with Crippen molar-refractivity contribution in [2.24, 2.45) is 0 Å². The zero-order valence-corrected chi connectivity index (χ0v) is 10.9. The fourth-order valence-corrected chi connectivity index (χ4v) is 2.53. The van der Waals surface area contributed by atoms with Gasteiger partial charge in [0, 0.05) is 6.54 Å². The number of halogens is 3. The largest absolute Gasteiger partial charge is 0.416 e. The van der Waals surface area contributed by atoms with Gasteiger partial charge in [0.05, 0.1) is 11.2 Å². The minimum Gasteiger partial charge on any atom is -0.385 e. The number of aliphatic hydroxyl groups is 1. The summed E-state index contributed by atoms with van der Waals surface area (Å²) in [6.45, 7) is 1.55. The predicted molar refractivity (Wildman–Crippen MR) is 66.7 cm³/mol. The summed E-state index contributed by atoms with van der Waals surface area (Å²) in [5.74, 6) is 0. The Kier molecular flexibility index (Phi) is 3.87. The second kappa shape index (κ2) is 5.13. The normalized spacial score (nSPS) is 26.2. The molecule has 19 heavy (non-hydrogen) atoms. The Morgan fingerprint density at radius 2 is 1.95 bits per heavy atom. The van der Waals surface area contributed by atoms with Crippen molar-refractivity contribution in [1.29, 1.82) is 0 Å². The predicted octanol–water partition coefficient (Wildman–Crippen LogP) is 3.01. The van der Waals surface area contributed by atoms with Crippen molar-refractivity contribution in [2.75, 3.05) is 20.1 Å². The highest BCUT2D eigenvalue weighted by molar-refractivity contribution is 5.30. The average Bonchev–Trinajstić information content (AvgIpc) is 2.52. The molecule has 1 aliphatic rings. The molecule has 0 radical (unpaired) electrons. The first-order valence-electron chi connectivity index (χ1n) is 6.40.